The Morgan fingerprint density at radius 1 is 1.31 bits per heavy atom. The smallest absolute Gasteiger partial charge is 0.230 e. The van der Waals surface area contributed by atoms with E-state index in [0.29, 0.717) is 13.1 Å². The minimum atomic E-state index is -0.269. The van der Waals surface area contributed by atoms with Crippen molar-refractivity contribution in [3.8, 4) is 5.75 Å². The van der Waals surface area contributed by atoms with Crippen LogP contribution < -0.4 is 0 Å². The molecule has 0 saturated carbocycles. The second-order valence-electron chi connectivity index (χ2n) is 6.68. The Morgan fingerprint density at radius 2 is 2.19 bits per heavy atom. The monoisotopic (exact) mass is 347 g/mol. The number of aromatic nitrogens is 2. The zero-order valence-electron chi connectivity index (χ0n) is 14.6. The lowest BCUT2D eigenvalue weighted by Crippen LogP contribution is -2.37. The molecule has 5 heteroatoms. The number of hydrogen-bond acceptors (Lipinski definition) is 3. The number of carbonyl (C=O) groups is 1. The van der Waals surface area contributed by atoms with Gasteiger partial charge in [-0.25, -0.2) is 4.98 Å². The molecule has 0 bridgehead atoms. The van der Waals surface area contributed by atoms with Crippen LogP contribution in [-0.2, 0) is 4.79 Å². The Kier molecular flexibility index (Phi) is 4.21. The maximum absolute atomic E-state index is 12.8. The summed E-state index contributed by atoms with van der Waals surface area (Å²) in [4.78, 5) is 22.2. The van der Waals surface area contributed by atoms with Crippen LogP contribution in [0.4, 0.5) is 0 Å². The van der Waals surface area contributed by atoms with Crippen molar-refractivity contribution in [2.45, 2.75) is 19.3 Å². The molecule has 1 aliphatic rings. The van der Waals surface area contributed by atoms with E-state index in [1.165, 1.54) is 11.1 Å². The lowest BCUT2D eigenvalue weighted by molar-refractivity contribution is -0.132. The van der Waals surface area contributed by atoms with Gasteiger partial charge in [-0.2, -0.15) is 0 Å². The number of amides is 1. The summed E-state index contributed by atoms with van der Waals surface area (Å²) in [5.74, 6) is 0.0109. The summed E-state index contributed by atoms with van der Waals surface area (Å²) in [7, 11) is 0. The zero-order chi connectivity index (χ0) is 18.1. The molecule has 3 aromatic rings. The molecule has 0 spiro atoms. The van der Waals surface area contributed by atoms with E-state index < -0.39 is 0 Å². The van der Waals surface area contributed by atoms with Crippen molar-refractivity contribution in [2.24, 2.45) is 0 Å². The molecular formula is C21H21N3O2. The van der Waals surface area contributed by atoms with E-state index in [2.05, 4.69) is 22.1 Å². The number of nitrogens with one attached hydrogen (secondary N) is 1. The van der Waals surface area contributed by atoms with Crippen molar-refractivity contribution < 1.29 is 9.90 Å². The van der Waals surface area contributed by atoms with Crippen LogP contribution in [-0.4, -0.2) is 39.0 Å². The summed E-state index contributed by atoms with van der Waals surface area (Å²) < 4.78 is 0. The fourth-order valence-corrected chi connectivity index (χ4v) is 3.55. The molecule has 2 N–H and O–H groups in total. The van der Waals surface area contributed by atoms with Gasteiger partial charge < -0.3 is 15.0 Å². The van der Waals surface area contributed by atoms with Gasteiger partial charge in [0.25, 0.3) is 0 Å². The molecule has 1 unspecified atom stereocenters. The first-order valence-corrected chi connectivity index (χ1v) is 8.82. The molecule has 0 fully saturated rings. The van der Waals surface area contributed by atoms with Crippen molar-refractivity contribution in [3.63, 3.8) is 0 Å². The van der Waals surface area contributed by atoms with Crippen molar-refractivity contribution >= 4 is 22.5 Å². The number of benzene rings is 1. The summed E-state index contributed by atoms with van der Waals surface area (Å²) in [6.45, 7) is 3.19. The van der Waals surface area contributed by atoms with Gasteiger partial charge in [0.2, 0.25) is 5.91 Å². The number of hydrogen-bond donors (Lipinski definition) is 2. The Labute approximate surface area is 152 Å². The van der Waals surface area contributed by atoms with Crippen LogP contribution in [0.3, 0.4) is 0 Å². The van der Waals surface area contributed by atoms with Gasteiger partial charge in [-0.05, 0) is 48.7 Å². The summed E-state index contributed by atoms with van der Waals surface area (Å²) in [5.41, 5.74) is 4.14. The van der Waals surface area contributed by atoms with Gasteiger partial charge in [0, 0.05) is 36.4 Å². The van der Waals surface area contributed by atoms with E-state index in [0.717, 1.165) is 23.0 Å². The average Bonchev–Trinajstić information content (AvgIpc) is 3.11. The fourth-order valence-electron chi connectivity index (χ4n) is 3.55. The van der Waals surface area contributed by atoms with Crippen molar-refractivity contribution in [3.05, 3.63) is 66.0 Å². The van der Waals surface area contributed by atoms with E-state index in [-0.39, 0.29) is 17.6 Å². The normalized spacial score (nSPS) is 15.7. The molecule has 1 amide bonds. The van der Waals surface area contributed by atoms with E-state index in [4.69, 9.17) is 0 Å². The third-order valence-corrected chi connectivity index (χ3v) is 5.06. The maximum atomic E-state index is 12.8. The number of pyridine rings is 1. The molecule has 1 aromatic carbocycles. The predicted octanol–water partition coefficient (Wildman–Crippen LogP) is 3.69. The standard InChI is InChI=1S/C21H21N3O2/c1-14(16-4-2-5-17(25)12-16)21(26)24-10-7-15(8-11-24)19-13-23-20-18(19)6-3-9-22-20/h2-7,9,12-14,25H,8,10-11H2,1H3,(H,22,23). The lowest BCUT2D eigenvalue weighted by Gasteiger charge is -2.29. The molecular weight excluding hydrogens is 326 g/mol. The number of nitrogens with zero attached hydrogens (tertiary/aromatic N) is 2. The number of H-pyrrole nitrogens is 1. The highest BCUT2D eigenvalue weighted by Crippen LogP contribution is 2.29. The number of rotatable bonds is 3. The van der Waals surface area contributed by atoms with Crippen LogP contribution in [0.1, 0.15) is 30.4 Å². The van der Waals surface area contributed by atoms with Gasteiger partial charge in [-0.15, -0.1) is 0 Å². The average molecular weight is 347 g/mol. The Balaban J connectivity index is 1.51. The third-order valence-electron chi connectivity index (χ3n) is 5.06. The molecule has 3 heterocycles. The number of phenolic OH excluding ortho intramolecular Hbond substituents is 1. The largest absolute Gasteiger partial charge is 0.508 e. The minimum absolute atomic E-state index is 0.0893. The first-order valence-electron chi connectivity index (χ1n) is 8.82. The minimum Gasteiger partial charge on any atom is -0.508 e. The van der Waals surface area contributed by atoms with Crippen LogP contribution >= 0.6 is 0 Å². The highest BCUT2D eigenvalue weighted by molar-refractivity contribution is 5.91. The van der Waals surface area contributed by atoms with Gasteiger partial charge >= 0.3 is 0 Å². The Morgan fingerprint density at radius 3 is 2.96 bits per heavy atom. The first-order chi connectivity index (χ1) is 12.6. The van der Waals surface area contributed by atoms with Crippen LogP contribution in [0, 0.1) is 0 Å². The SMILES string of the molecule is CC(C(=O)N1CC=C(c2c[nH]c3ncccc23)CC1)c1cccc(O)c1. The molecule has 132 valence electrons. The summed E-state index contributed by atoms with van der Waals surface area (Å²) >= 11 is 0. The highest BCUT2D eigenvalue weighted by atomic mass is 16.3. The molecule has 1 aliphatic heterocycles. The second kappa shape index (κ2) is 6.67. The van der Waals surface area contributed by atoms with Crippen molar-refractivity contribution in [2.75, 3.05) is 13.1 Å². The second-order valence-corrected chi connectivity index (χ2v) is 6.68. The van der Waals surface area contributed by atoms with E-state index in [9.17, 15) is 9.90 Å². The van der Waals surface area contributed by atoms with Crippen LogP contribution in [0.25, 0.3) is 16.6 Å². The van der Waals surface area contributed by atoms with E-state index in [1.54, 1.807) is 24.4 Å². The lowest BCUT2D eigenvalue weighted by atomic mass is 9.96. The number of aromatic amines is 1. The van der Waals surface area contributed by atoms with Gasteiger partial charge in [-0.1, -0.05) is 18.2 Å². The molecule has 4 rings (SSSR count). The van der Waals surface area contributed by atoms with Gasteiger partial charge in [-0.3, -0.25) is 4.79 Å². The predicted molar refractivity (Wildman–Crippen MR) is 102 cm³/mol. The van der Waals surface area contributed by atoms with Crippen molar-refractivity contribution in [1.82, 2.24) is 14.9 Å². The number of aromatic hydroxyl groups is 1. The Hall–Kier alpha value is -3.08. The quantitative estimate of drug-likeness (QED) is 0.759. The summed E-state index contributed by atoms with van der Waals surface area (Å²) in [5, 5.41) is 10.8. The third kappa shape index (κ3) is 2.96. The van der Waals surface area contributed by atoms with Gasteiger partial charge in [0.05, 0.1) is 5.92 Å². The fraction of sp³-hybridized carbons (Fsp3) is 0.238. The number of phenols is 1. The molecule has 2 aromatic heterocycles. The first kappa shape index (κ1) is 16.4. The maximum Gasteiger partial charge on any atom is 0.230 e. The summed E-state index contributed by atoms with van der Waals surface area (Å²) in [6.07, 6.45) is 6.73. The van der Waals surface area contributed by atoms with E-state index in [1.807, 2.05) is 30.2 Å². The molecule has 0 radical (unpaired) electrons. The van der Waals surface area contributed by atoms with Crippen LogP contribution in [0.15, 0.2) is 54.9 Å². The van der Waals surface area contributed by atoms with Gasteiger partial charge in [0.15, 0.2) is 0 Å². The molecule has 0 saturated heterocycles. The number of fused-ring (bicyclic) bond motifs is 1. The topological polar surface area (TPSA) is 69.2 Å². The van der Waals surface area contributed by atoms with Crippen LogP contribution in [0.5, 0.6) is 5.75 Å². The molecule has 26 heavy (non-hydrogen) atoms. The zero-order valence-corrected chi connectivity index (χ0v) is 14.6. The van der Waals surface area contributed by atoms with Gasteiger partial charge in [0.1, 0.15) is 11.4 Å². The highest BCUT2D eigenvalue weighted by Gasteiger charge is 2.24. The van der Waals surface area contributed by atoms with E-state index >= 15 is 0 Å². The van der Waals surface area contributed by atoms with Crippen molar-refractivity contribution in [1.29, 1.82) is 0 Å². The molecule has 1 atom stereocenters. The molecule has 5 nitrogen and oxygen atoms in total. The Bertz CT molecular complexity index is 990. The summed E-state index contributed by atoms with van der Waals surface area (Å²) in [6, 6.07) is 10.9. The number of carbonyl (C=O) groups excluding carboxylic acids is 1. The molecule has 0 aliphatic carbocycles. The van der Waals surface area contributed by atoms with Crippen LogP contribution in [0.2, 0.25) is 0 Å².